The van der Waals surface area contributed by atoms with Crippen molar-refractivity contribution in [3.63, 3.8) is 0 Å². The highest BCUT2D eigenvalue weighted by Crippen LogP contribution is 2.12. The van der Waals surface area contributed by atoms with Crippen molar-refractivity contribution in [3.05, 3.63) is 29.8 Å². The quantitative estimate of drug-likeness (QED) is 0.650. The fraction of sp³-hybridized carbons (Fsp3) is 0.533. The zero-order chi connectivity index (χ0) is 14.6. The number of hydrogen-bond acceptors (Lipinski definition) is 4. The van der Waals surface area contributed by atoms with E-state index in [0.29, 0.717) is 45.8 Å². The number of hydrogen-bond donors (Lipinski definition) is 2. The third kappa shape index (κ3) is 9.42. The fourth-order valence-corrected chi connectivity index (χ4v) is 1.68. The van der Waals surface area contributed by atoms with E-state index < -0.39 is 0 Å². The van der Waals surface area contributed by atoms with E-state index in [1.807, 2.05) is 31.2 Å². The lowest BCUT2D eigenvalue weighted by Crippen LogP contribution is -2.13. The first-order valence-electron chi connectivity index (χ1n) is 7.00. The van der Waals surface area contributed by atoms with Crippen molar-refractivity contribution in [1.82, 2.24) is 0 Å². The first-order chi connectivity index (χ1) is 9.76. The smallest absolute Gasteiger partial charge is 0.224 e. The summed E-state index contributed by atoms with van der Waals surface area (Å²) in [6, 6.07) is 7.65. The molecule has 0 saturated carbocycles. The van der Waals surface area contributed by atoms with Gasteiger partial charge < -0.3 is 20.5 Å². The number of nitrogens with two attached hydrogens (primary N) is 1. The number of anilines is 1. The summed E-state index contributed by atoms with van der Waals surface area (Å²) in [5.74, 6) is -0.00939. The van der Waals surface area contributed by atoms with Crippen LogP contribution in [0.3, 0.4) is 0 Å². The lowest BCUT2D eigenvalue weighted by atomic mass is 10.2. The van der Waals surface area contributed by atoms with E-state index in [1.165, 1.54) is 0 Å². The van der Waals surface area contributed by atoms with E-state index in [2.05, 4.69) is 5.32 Å². The van der Waals surface area contributed by atoms with E-state index >= 15 is 0 Å². The molecule has 0 fully saturated rings. The van der Waals surface area contributed by atoms with Crippen LogP contribution in [0.1, 0.15) is 25.3 Å². The van der Waals surface area contributed by atoms with Gasteiger partial charge in [0.25, 0.3) is 0 Å². The number of ether oxygens (including phenoxy) is 2. The van der Waals surface area contributed by atoms with Crippen LogP contribution in [0.25, 0.3) is 0 Å². The Morgan fingerprint density at radius 3 is 2.76 bits per heavy atom. The number of carbonyl (C=O) groups excluding carboxylic acids is 1. The molecule has 0 heterocycles. The summed E-state index contributed by atoms with van der Waals surface area (Å²) in [6.45, 7) is 4.87. The number of rotatable bonds is 10. The summed E-state index contributed by atoms with van der Waals surface area (Å²) in [4.78, 5) is 11.6. The van der Waals surface area contributed by atoms with E-state index in [4.69, 9.17) is 15.2 Å². The van der Waals surface area contributed by atoms with Gasteiger partial charge in [0.1, 0.15) is 0 Å². The molecule has 0 aliphatic rings. The number of amides is 1. The Hall–Kier alpha value is -1.14. The lowest BCUT2D eigenvalue weighted by Gasteiger charge is -2.08. The molecule has 0 spiro atoms. The van der Waals surface area contributed by atoms with E-state index in [-0.39, 0.29) is 18.3 Å². The molecule has 1 aromatic carbocycles. The molecular formula is C15H25ClN2O3. The van der Waals surface area contributed by atoms with Crippen LogP contribution in [-0.2, 0) is 20.9 Å². The minimum absolute atomic E-state index is 0. The van der Waals surface area contributed by atoms with Gasteiger partial charge in [-0.15, -0.1) is 12.4 Å². The molecule has 0 saturated heterocycles. The zero-order valence-electron chi connectivity index (χ0n) is 12.5. The maximum atomic E-state index is 11.6. The highest BCUT2D eigenvalue weighted by Gasteiger charge is 2.02. The van der Waals surface area contributed by atoms with Crippen LogP contribution in [0, 0.1) is 0 Å². The second-order valence-corrected chi connectivity index (χ2v) is 4.39. The van der Waals surface area contributed by atoms with Crippen LogP contribution in [0.15, 0.2) is 24.3 Å². The van der Waals surface area contributed by atoms with Gasteiger partial charge in [0.2, 0.25) is 5.91 Å². The molecule has 1 amide bonds. The van der Waals surface area contributed by atoms with E-state index in [9.17, 15) is 4.79 Å². The van der Waals surface area contributed by atoms with Crippen molar-refractivity contribution >= 4 is 24.0 Å². The van der Waals surface area contributed by atoms with Gasteiger partial charge in [-0.05, 0) is 37.6 Å². The zero-order valence-corrected chi connectivity index (χ0v) is 13.3. The van der Waals surface area contributed by atoms with Crippen LogP contribution in [-0.4, -0.2) is 32.3 Å². The monoisotopic (exact) mass is 316 g/mol. The maximum Gasteiger partial charge on any atom is 0.224 e. The van der Waals surface area contributed by atoms with Gasteiger partial charge >= 0.3 is 0 Å². The first kappa shape index (κ1) is 19.9. The van der Waals surface area contributed by atoms with Crippen molar-refractivity contribution in [2.45, 2.75) is 26.4 Å². The molecule has 1 rings (SSSR count). The van der Waals surface area contributed by atoms with Crippen molar-refractivity contribution in [2.24, 2.45) is 5.73 Å². The second-order valence-electron chi connectivity index (χ2n) is 4.39. The Kier molecular flexibility index (Phi) is 11.9. The van der Waals surface area contributed by atoms with Crippen LogP contribution in [0.2, 0.25) is 0 Å². The summed E-state index contributed by atoms with van der Waals surface area (Å²) in [6.07, 6.45) is 1.15. The standard InChI is InChI=1S/C15H24N2O3.ClH/c1-2-19-9-10-20-12-13-5-3-6-14(11-13)17-15(18)7-4-8-16;/h3,5-6,11H,2,4,7-10,12,16H2,1H3,(H,17,18);1H. The molecule has 6 heteroatoms. The number of carbonyl (C=O) groups is 1. The average Bonchev–Trinajstić information content (AvgIpc) is 2.45. The summed E-state index contributed by atoms with van der Waals surface area (Å²) in [7, 11) is 0. The van der Waals surface area contributed by atoms with E-state index in [0.717, 1.165) is 11.3 Å². The third-order valence-electron chi connectivity index (χ3n) is 2.66. The predicted octanol–water partition coefficient (Wildman–Crippen LogP) is 2.34. The van der Waals surface area contributed by atoms with Crippen LogP contribution in [0.5, 0.6) is 0 Å². The van der Waals surface area contributed by atoms with E-state index in [1.54, 1.807) is 0 Å². The molecule has 0 bridgehead atoms. The van der Waals surface area contributed by atoms with Gasteiger partial charge in [0.05, 0.1) is 19.8 Å². The van der Waals surface area contributed by atoms with Crippen molar-refractivity contribution < 1.29 is 14.3 Å². The molecule has 0 unspecified atom stereocenters. The predicted molar refractivity (Wildman–Crippen MR) is 86.8 cm³/mol. The lowest BCUT2D eigenvalue weighted by molar-refractivity contribution is -0.116. The molecule has 0 atom stereocenters. The number of nitrogens with one attached hydrogen (secondary N) is 1. The molecule has 3 N–H and O–H groups in total. The molecule has 5 nitrogen and oxygen atoms in total. The molecule has 0 aromatic heterocycles. The van der Waals surface area contributed by atoms with Crippen molar-refractivity contribution in [3.8, 4) is 0 Å². The summed E-state index contributed by atoms with van der Waals surface area (Å²) in [5, 5.41) is 2.85. The fourth-order valence-electron chi connectivity index (χ4n) is 1.68. The maximum absolute atomic E-state index is 11.6. The van der Waals surface area contributed by atoms with Gasteiger partial charge in [-0.2, -0.15) is 0 Å². The van der Waals surface area contributed by atoms with Gasteiger partial charge in [-0.1, -0.05) is 12.1 Å². The third-order valence-corrected chi connectivity index (χ3v) is 2.66. The molecule has 0 radical (unpaired) electrons. The minimum atomic E-state index is -0.00939. The molecule has 120 valence electrons. The summed E-state index contributed by atoms with van der Waals surface area (Å²) >= 11 is 0. The normalized spacial score (nSPS) is 10.0. The SMILES string of the molecule is CCOCCOCc1cccc(NC(=O)CCCN)c1.Cl. The Morgan fingerprint density at radius 2 is 2.05 bits per heavy atom. The molecule has 0 aliphatic heterocycles. The Labute approximate surface area is 132 Å². The molecule has 1 aromatic rings. The van der Waals surface area contributed by atoms with Crippen LogP contribution < -0.4 is 11.1 Å². The number of benzene rings is 1. The molecule has 21 heavy (non-hydrogen) atoms. The highest BCUT2D eigenvalue weighted by molar-refractivity contribution is 5.90. The second kappa shape index (κ2) is 12.6. The Morgan fingerprint density at radius 1 is 1.29 bits per heavy atom. The highest BCUT2D eigenvalue weighted by atomic mass is 35.5. The minimum Gasteiger partial charge on any atom is -0.379 e. The van der Waals surface area contributed by atoms with Crippen LogP contribution >= 0.6 is 12.4 Å². The Balaban J connectivity index is 0.00000400. The molecular weight excluding hydrogens is 292 g/mol. The van der Waals surface area contributed by atoms with Gasteiger partial charge in [-0.25, -0.2) is 0 Å². The van der Waals surface area contributed by atoms with Gasteiger partial charge in [0, 0.05) is 18.7 Å². The topological polar surface area (TPSA) is 73.6 Å². The molecule has 0 aliphatic carbocycles. The van der Waals surface area contributed by atoms with Gasteiger partial charge in [-0.3, -0.25) is 4.79 Å². The van der Waals surface area contributed by atoms with Gasteiger partial charge in [0.15, 0.2) is 0 Å². The summed E-state index contributed by atoms with van der Waals surface area (Å²) < 4.78 is 10.7. The van der Waals surface area contributed by atoms with Crippen molar-refractivity contribution in [1.29, 1.82) is 0 Å². The van der Waals surface area contributed by atoms with Crippen LogP contribution in [0.4, 0.5) is 5.69 Å². The largest absolute Gasteiger partial charge is 0.379 e. The number of halogens is 1. The van der Waals surface area contributed by atoms with Crippen molar-refractivity contribution in [2.75, 3.05) is 31.7 Å². The Bertz CT molecular complexity index is 402. The average molecular weight is 317 g/mol. The first-order valence-corrected chi connectivity index (χ1v) is 7.00. The summed E-state index contributed by atoms with van der Waals surface area (Å²) in [5.41, 5.74) is 7.19.